The van der Waals surface area contributed by atoms with Crippen molar-refractivity contribution in [2.24, 2.45) is 0 Å². The molecule has 5 heteroatoms. The number of likely N-dealkylation sites (N-methyl/N-ethyl adjacent to an activating group) is 1. The van der Waals surface area contributed by atoms with E-state index in [1.54, 1.807) is 0 Å². The Bertz CT molecular complexity index is 410. The standard InChI is InChI=1S/C30H65N2O2.ClH/c1-5-7-8-9-10-11-12-13-14-15-16-17-18-19-20-21-22-23-24-25-26-31-30(6-2)32(3,4)27-29(34)28-33;/h29-31,33-34H,5-28H2,1-4H3;1H/q+1;/p-1. The molecule has 0 aliphatic rings. The summed E-state index contributed by atoms with van der Waals surface area (Å²) in [6.07, 6.45) is 29.1. The van der Waals surface area contributed by atoms with Gasteiger partial charge in [-0.25, -0.2) is 0 Å². The van der Waals surface area contributed by atoms with Crippen LogP contribution in [-0.4, -0.2) is 60.8 Å². The largest absolute Gasteiger partial charge is 1.00 e. The second kappa shape index (κ2) is 27.2. The van der Waals surface area contributed by atoms with E-state index in [-0.39, 0.29) is 19.0 Å². The minimum atomic E-state index is -0.634. The summed E-state index contributed by atoms with van der Waals surface area (Å²) >= 11 is 0. The van der Waals surface area contributed by atoms with Crippen LogP contribution in [0.3, 0.4) is 0 Å². The highest BCUT2D eigenvalue weighted by molar-refractivity contribution is 4.59. The van der Waals surface area contributed by atoms with Gasteiger partial charge in [0.15, 0.2) is 0 Å². The first-order chi connectivity index (χ1) is 16.5. The molecule has 0 fully saturated rings. The maximum Gasteiger partial charge on any atom is 0.142 e. The van der Waals surface area contributed by atoms with Gasteiger partial charge in [-0.3, -0.25) is 5.32 Å². The quantitative estimate of drug-likeness (QED) is 0.0844. The van der Waals surface area contributed by atoms with Crippen molar-refractivity contribution in [1.82, 2.24) is 5.32 Å². The number of nitrogens with zero attached hydrogens (tertiary/aromatic N) is 1. The number of aliphatic hydroxyl groups excluding tert-OH is 2. The second-order valence-electron chi connectivity index (χ2n) is 11.4. The Morgan fingerprint density at radius 2 is 0.943 bits per heavy atom. The van der Waals surface area contributed by atoms with Crippen LogP contribution in [0.2, 0.25) is 0 Å². The van der Waals surface area contributed by atoms with E-state index in [2.05, 4.69) is 33.3 Å². The lowest BCUT2D eigenvalue weighted by Gasteiger charge is -2.39. The van der Waals surface area contributed by atoms with Crippen molar-refractivity contribution in [3.63, 3.8) is 0 Å². The molecule has 4 nitrogen and oxygen atoms in total. The summed E-state index contributed by atoms with van der Waals surface area (Å²) in [5.41, 5.74) is 0. The van der Waals surface area contributed by atoms with Crippen LogP contribution in [0.5, 0.6) is 0 Å². The molecule has 3 N–H and O–H groups in total. The van der Waals surface area contributed by atoms with Gasteiger partial charge >= 0.3 is 0 Å². The number of aliphatic hydroxyl groups is 2. The molecule has 0 spiro atoms. The Labute approximate surface area is 227 Å². The lowest BCUT2D eigenvalue weighted by atomic mass is 10.0. The van der Waals surface area contributed by atoms with Crippen molar-refractivity contribution in [2.45, 2.75) is 161 Å². The molecule has 0 saturated carbocycles. The van der Waals surface area contributed by atoms with Crippen LogP contribution in [-0.2, 0) is 0 Å². The van der Waals surface area contributed by atoms with Crippen LogP contribution in [0.15, 0.2) is 0 Å². The molecule has 0 heterocycles. The fraction of sp³-hybridized carbons (Fsp3) is 1.00. The molecule has 35 heavy (non-hydrogen) atoms. The SMILES string of the molecule is CCCCCCCCCCCCCCCCCCCCCCNC(CC)[N+](C)(C)CC(O)CO.[Cl-]. The average molecular weight is 521 g/mol. The highest BCUT2D eigenvalue weighted by atomic mass is 35.5. The van der Waals surface area contributed by atoms with Crippen molar-refractivity contribution in [3.8, 4) is 0 Å². The van der Waals surface area contributed by atoms with Crippen LogP contribution in [0, 0.1) is 0 Å². The molecule has 0 aliphatic carbocycles. The maximum absolute atomic E-state index is 9.79. The van der Waals surface area contributed by atoms with E-state index in [1.807, 2.05) is 0 Å². The van der Waals surface area contributed by atoms with Gasteiger partial charge in [0.05, 0.1) is 20.7 Å². The fourth-order valence-electron chi connectivity index (χ4n) is 5.26. The molecule has 0 amide bonds. The van der Waals surface area contributed by atoms with Crippen LogP contribution in [0.4, 0.5) is 0 Å². The summed E-state index contributed by atoms with van der Waals surface area (Å²) in [6, 6.07) is 0. The van der Waals surface area contributed by atoms with E-state index in [0.717, 1.165) is 13.0 Å². The molecule has 2 unspecified atom stereocenters. The van der Waals surface area contributed by atoms with E-state index in [4.69, 9.17) is 5.11 Å². The Morgan fingerprint density at radius 1 is 0.600 bits per heavy atom. The predicted octanol–water partition coefficient (Wildman–Crippen LogP) is 4.57. The number of nitrogens with one attached hydrogen (secondary N) is 1. The molecule has 0 aromatic heterocycles. The summed E-state index contributed by atoms with van der Waals surface area (Å²) in [5.74, 6) is 0. The van der Waals surface area contributed by atoms with Crippen molar-refractivity contribution in [1.29, 1.82) is 0 Å². The van der Waals surface area contributed by atoms with Crippen LogP contribution >= 0.6 is 0 Å². The van der Waals surface area contributed by atoms with E-state index < -0.39 is 6.10 Å². The van der Waals surface area contributed by atoms with Gasteiger partial charge in [-0.2, -0.15) is 0 Å². The molecule has 0 radical (unpaired) electrons. The van der Waals surface area contributed by atoms with Crippen molar-refractivity contribution < 1.29 is 27.1 Å². The minimum Gasteiger partial charge on any atom is -1.00 e. The van der Waals surface area contributed by atoms with E-state index in [1.165, 1.54) is 128 Å². The summed E-state index contributed by atoms with van der Waals surface area (Å²) in [4.78, 5) is 0. The number of unbranched alkanes of at least 4 members (excludes halogenated alkanes) is 19. The number of quaternary nitrogens is 1. The van der Waals surface area contributed by atoms with Crippen LogP contribution < -0.4 is 17.7 Å². The van der Waals surface area contributed by atoms with Gasteiger partial charge in [0.25, 0.3) is 0 Å². The van der Waals surface area contributed by atoms with Crippen molar-refractivity contribution in [2.75, 3.05) is 33.8 Å². The third-order valence-electron chi connectivity index (χ3n) is 7.53. The zero-order valence-electron chi connectivity index (χ0n) is 24.3. The molecule has 2 atom stereocenters. The third kappa shape index (κ3) is 24.2. The van der Waals surface area contributed by atoms with Crippen LogP contribution in [0.25, 0.3) is 0 Å². The molecule has 0 aromatic rings. The van der Waals surface area contributed by atoms with Gasteiger partial charge < -0.3 is 27.1 Å². The lowest BCUT2D eigenvalue weighted by molar-refractivity contribution is -0.921. The highest BCUT2D eigenvalue weighted by Crippen LogP contribution is 2.15. The first kappa shape index (κ1) is 37.3. The topological polar surface area (TPSA) is 52.5 Å². The zero-order valence-corrected chi connectivity index (χ0v) is 25.1. The van der Waals surface area contributed by atoms with E-state index in [0.29, 0.717) is 17.2 Å². The fourth-order valence-corrected chi connectivity index (χ4v) is 5.26. The van der Waals surface area contributed by atoms with Gasteiger partial charge in [-0.1, -0.05) is 136 Å². The number of halogens is 1. The molecular formula is C30H65ClN2O2. The molecular weight excluding hydrogens is 456 g/mol. The Kier molecular flexibility index (Phi) is 28.9. The first-order valence-corrected chi connectivity index (χ1v) is 15.3. The van der Waals surface area contributed by atoms with Crippen molar-refractivity contribution in [3.05, 3.63) is 0 Å². The third-order valence-corrected chi connectivity index (χ3v) is 7.53. The second-order valence-corrected chi connectivity index (χ2v) is 11.4. The molecule has 0 bridgehead atoms. The number of hydrogen-bond acceptors (Lipinski definition) is 3. The minimum absolute atomic E-state index is 0. The molecule has 0 rings (SSSR count). The number of hydrogen-bond donors (Lipinski definition) is 3. The summed E-state index contributed by atoms with van der Waals surface area (Å²) in [5, 5.41) is 22.6. The Hall–Kier alpha value is 0.130. The van der Waals surface area contributed by atoms with Gasteiger partial charge in [0.1, 0.15) is 18.8 Å². The first-order valence-electron chi connectivity index (χ1n) is 15.3. The molecule has 0 aromatic carbocycles. The molecule has 0 aliphatic heterocycles. The van der Waals surface area contributed by atoms with E-state index in [9.17, 15) is 5.11 Å². The molecule has 214 valence electrons. The van der Waals surface area contributed by atoms with Crippen molar-refractivity contribution >= 4 is 0 Å². The average Bonchev–Trinajstić information content (AvgIpc) is 2.81. The van der Waals surface area contributed by atoms with Gasteiger partial charge in [-0.15, -0.1) is 0 Å². The normalized spacial score (nSPS) is 13.5. The van der Waals surface area contributed by atoms with Gasteiger partial charge in [-0.05, 0) is 6.42 Å². The summed E-state index contributed by atoms with van der Waals surface area (Å²) < 4.78 is 0.706. The van der Waals surface area contributed by atoms with Crippen LogP contribution in [0.1, 0.15) is 149 Å². The Morgan fingerprint density at radius 3 is 1.26 bits per heavy atom. The predicted molar refractivity (Wildman–Crippen MR) is 150 cm³/mol. The smallest absolute Gasteiger partial charge is 0.142 e. The highest BCUT2D eigenvalue weighted by Gasteiger charge is 2.28. The lowest BCUT2D eigenvalue weighted by Crippen LogP contribution is -3.00. The summed E-state index contributed by atoms with van der Waals surface area (Å²) in [7, 11) is 4.27. The zero-order chi connectivity index (χ0) is 25.3. The monoisotopic (exact) mass is 520 g/mol. The van der Waals surface area contributed by atoms with Gasteiger partial charge in [0, 0.05) is 13.0 Å². The summed E-state index contributed by atoms with van der Waals surface area (Å²) in [6.45, 7) is 5.97. The number of rotatable bonds is 27. The van der Waals surface area contributed by atoms with Gasteiger partial charge in [0.2, 0.25) is 0 Å². The van der Waals surface area contributed by atoms with E-state index >= 15 is 0 Å². The molecule has 0 saturated heterocycles. The Balaban J connectivity index is 0. The maximum atomic E-state index is 9.79.